The molecule has 3 aromatic rings. The van der Waals surface area contributed by atoms with Crippen LogP contribution in [0.15, 0.2) is 36.7 Å². The number of hydrogen-bond donors (Lipinski definition) is 3. The number of fused-ring (bicyclic) bond motifs is 1. The molecule has 0 saturated carbocycles. The molecule has 1 aromatic heterocycles. The van der Waals surface area contributed by atoms with Crippen molar-refractivity contribution in [3.05, 3.63) is 42.2 Å². The molecule has 2 aromatic carbocycles. The molecule has 0 bridgehead atoms. The van der Waals surface area contributed by atoms with Crippen LogP contribution in [0.4, 0.5) is 11.5 Å². The number of nitrogens with one attached hydrogen (secondary N) is 3. The summed E-state index contributed by atoms with van der Waals surface area (Å²) in [7, 11) is 3.27. The zero-order valence-electron chi connectivity index (χ0n) is 21.5. The first-order chi connectivity index (χ1) is 17.7. The largest absolute Gasteiger partial charge is 0.490 e. The van der Waals surface area contributed by atoms with Gasteiger partial charge < -0.3 is 29.0 Å². The van der Waals surface area contributed by atoms with E-state index in [1.165, 1.54) is 6.33 Å². The molecular formula is C26H36ClN5O5. The summed E-state index contributed by atoms with van der Waals surface area (Å²) in [6, 6.07) is 9.76. The number of aromatic nitrogens is 2. The van der Waals surface area contributed by atoms with Gasteiger partial charge in [-0.25, -0.2) is 9.97 Å². The lowest BCUT2D eigenvalue weighted by molar-refractivity contribution is 0.132. The van der Waals surface area contributed by atoms with Crippen LogP contribution in [-0.4, -0.2) is 69.8 Å². The standard InChI is InChI=1S/C26H35N5O5.ClH/c1-18-14-19(4-5-23(18)36-20-6-8-27-9-7-20)30-31-26-21-15-24(34-12-10-32-2)25(35-13-11-33-3)16-22(21)28-17-29-26;/h4-5,14-17,20,27,30H,6-13H2,1-3H3,(H,28,29,31);1H. The number of aryl methyl sites for hydroxylation is 1. The summed E-state index contributed by atoms with van der Waals surface area (Å²) < 4.78 is 28.2. The van der Waals surface area contributed by atoms with Gasteiger partial charge in [-0.2, -0.15) is 0 Å². The number of nitrogens with zero attached hydrogens (tertiary/aromatic N) is 2. The fourth-order valence-electron chi connectivity index (χ4n) is 3.94. The van der Waals surface area contributed by atoms with E-state index in [0.29, 0.717) is 43.7 Å². The van der Waals surface area contributed by atoms with Crippen LogP contribution >= 0.6 is 12.4 Å². The lowest BCUT2D eigenvalue weighted by Crippen LogP contribution is -2.34. The van der Waals surface area contributed by atoms with E-state index < -0.39 is 0 Å². The smallest absolute Gasteiger partial charge is 0.163 e. The zero-order chi connectivity index (χ0) is 25.2. The second-order valence-electron chi connectivity index (χ2n) is 8.52. The Morgan fingerprint density at radius 3 is 2.24 bits per heavy atom. The molecule has 1 aliphatic heterocycles. The second kappa shape index (κ2) is 14.6. The first-order valence-electron chi connectivity index (χ1n) is 12.2. The number of hydrogen-bond acceptors (Lipinski definition) is 10. The third kappa shape index (κ3) is 7.96. The maximum Gasteiger partial charge on any atom is 0.163 e. The molecule has 3 N–H and O–H groups in total. The van der Waals surface area contributed by atoms with Gasteiger partial charge >= 0.3 is 0 Å². The summed E-state index contributed by atoms with van der Waals surface area (Å²) in [6.07, 6.45) is 3.83. The van der Waals surface area contributed by atoms with Gasteiger partial charge in [-0.1, -0.05) is 0 Å². The average molecular weight is 534 g/mol. The summed E-state index contributed by atoms with van der Waals surface area (Å²) in [5, 5.41) is 4.16. The van der Waals surface area contributed by atoms with Crippen molar-refractivity contribution in [1.29, 1.82) is 0 Å². The monoisotopic (exact) mass is 533 g/mol. The normalized spacial score (nSPS) is 13.6. The van der Waals surface area contributed by atoms with Crippen LogP contribution in [0.25, 0.3) is 10.9 Å². The van der Waals surface area contributed by atoms with Crippen molar-refractivity contribution in [1.82, 2.24) is 15.3 Å². The molecule has 0 aliphatic carbocycles. The Balaban J connectivity index is 0.00000380. The van der Waals surface area contributed by atoms with Gasteiger partial charge in [0.05, 0.1) is 24.4 Å². The van der Waals surface area contributed by atoms with Crippen molar-refractivity contribution in [2.75, 3.05) is 64.6 Å². The maximum absolute atomic E-state index is 6.21. The Morgan fingerprint density at radius 1 is 0.865 bits per heavy atom. The minimum atomic E-state index is 0. The fraction of sp³-hybridized carbons (Fsp3) is 0.462. The van der Waals surface area contributed by atoms with Crippen LogP contribution in [0.3, 0.4) is 0 Å². The lowest BCUT2D eigenvalue weighted by atomic mass is 10.1. The zero-order valence-corrected chi connectivity index (χ0v) is 22.4. The highest BCUT2D eigenvalue weighted by molar-refractivity contribution is 5.92. The van der Waals surface area contributed by atoms with E-state index in [2.05, 4.69) is 33.1 Å². The van der Waals surface area contributed by atoms with Crippen molar-refractivity contribution in [3.8, 4) is 17.2 Å². The Hall–Kier alpha value is -3.05. The summed E-state index contributed by atoms with van der Waals surface area (Å²) in [5.74, 6) is 2.71. The Bertz CT molecular complexity index is 1130. The van der Waals surface area contributed by atoms with Gasteiger partial charge in [0.2, 0.25) is 0 Å². The predicted molar refractivity (Wildman–Crippen MR) is 146 cm³/mol. The van der Waals surface area contributed by atoms with E-state index in [0.717, 1.165) is 53.8 Å². The van der Waals surface area contributed by atoms with E-state index in [1.807, 2.05) is 30.3 Å². The van der Waals surface area contributed by atoms with Crippen molar-refractivity contribution >= 4 is 34.8 Å². The topological polar surface area (TPSA) is 108 Å². The summed E-state index contributed by atoms with van der Waals surface area (Å²) in [6.45, 7) is 5.78. The predicted octanol–water partition coefficient (Wildman–Crippen LogP) is 3.98. The number of halogens is 1. The highest BCUT2D eigenvalue weighted by Gasteiger charge is 2.16. The molecule has 11 heteroatoms. The molecule has 0 spiro atoms. The molecule has 1 aliphatic rings. The van der Waals surface area contributed by atoms with Crippen LogP contribution in [0.5, 0.6) is 17.2 Å². The highest BCUT2D eigenvalue weighted by atomic mass is 35.5. The molecule has 0 unspecified atom stereocenters. The molecule has 2 heterocycles. The van der Waals surface area contributed by atoms with Crippen LogP contribution in [-0.2, 0) is 9.47 Å². The molecule has 4 rings (SSSR count). The maximum atomic E-state index is 6.21. The van der Waals surface area contributed by atoms with Gasteiger partial charge in [-0.3, -0.25) is 10.9 Å². The molecule has 10 nitrogen and oxygen atoms in total. The minimum Gasteiger partial charge on any atom is -0.490 e. The molecule has 1 saturated heterocycles. The Labute approximate surface area is 223 Å². The lowest BCUT2D eigenvalue weighted by Gasteiger charge is -2.25. The van der Waals surface area contributed by atoms with E-state index in [-0.39, 0.29) is 18.5 Å². The van der Waals surface area contributed by atoms with Gasteiger partial charge in [0, 0.05) is 25.7 Å². The van der Waals surface area contributed by atoms with Crippen molar-refractivity contribution in [2.24, 2.45) is 0 Å². The molecule has 0 atom stereocenters. The molecule has 0 amide bonds. The molecule has 0 radical (unpaired) electrons. The van der Waals surface area contributed by atoms with E-state index in [1.54, 1.807) is 14.2 Å². The van der Waals surface area contributed by atoms with Gasteiger partial charge in [0.1, 0.15) is 31.4 Å². The fourth-order valence-corrected chi connectivity index (χ4v) is 3.94. The molecule has 1 fully saturated rings. The minimum absolute atomic E-state index is 0. The van der Waals surface area contributed by atoms with Crippen molar-refractivity contribution in [3.63, 3.8) is 0 Å². The van der Waals surface area contributed by atoms with Crippen molar-refractivity contribution < 1.29 is 23.7 Å². The van der Waals surface area contributed by atoms with Crippen LogP contribution in [0, 0.1) is 6.92 Å². The number of anilines is 2. The van der Waals surface area contributed by atoms with E-state index in [4.69, 9.17) is 23.7 Å². The van der Waals surface area contributed by atoms with E-state index in [9.17, 15) is 0 Å². The summed E-state index contributed by atoms with van der Waals surface area (Å²) >= 11 is 0. The summed E-state index contributed by atoms with van der Waals surface area (Å²) in [4.78, 5) is 8.84. The van der Waals surface area contributed by atoms with Gasteiger partial charge in [0.25, 0.3) is 0 Å². The third-order valence-electron chi connectivity index (χ3n) is 5.87. The first kappa shape index (κ1) is 28.5. The van der Waals surface area contributed by atoms with E-state index >= 15 is 0 Å². The number of piperidine rings is 1. The molecular weight excluding hydrogens is 498 g/mol. The number of methoxy groups -OCH3 is 2. The van der Waals surface area contributed by atoms with Gasteiger partial charge in [-0.15, -0.1) is 12.4 Å². The number of rotatable bonds is 13. The van der Waals surface area contributed by atoms with Crippen LogP contribution in [0.2, 0.25) is 0 Å². The molecule has 202 valence electrons. The van der Waals surface area contributed by atoms with Crippen LogP contribution < -0.4 is 30.4 Å². The average Bonchev–Trinajstić information content (AvgIpc) is 2.90. The first-order valence-corrected chi connectivity index (χ1v) is 12.2. The third-order valence-corrected chi connectivity index (χ3v) is 5.87. The quantitative estimate of drug-likeness (QED) is 0.220. The SMILES string of the molecule is COCCOc1cc2ncnc(NNc3ccc(OC4CCNCC4)c(C)c3)c2cc1OCCOC.Cl. The number of ether oxygens (including phenoxy) is 5. The van der Waals surface area contributed by atoms with Crippen LogP contribution in [0.1, 0.15) is 18.4 Å². The second-order valence-corrected chi connectivity index (χ2v) is 8.52. The Kier molecular flexibility index (Phi) is 11.3. The van der Waals surface area contributed by atoms with Gasteiger partial charge in [0.15, 0.2) is 17.3 Å². The number of hydrazine groups is 1. The number of benzene rings is 2. The van der Waals surface area contributed by atoms with Crippen molar-refractivity contribution in [2.45, 2.75) is 25.9 Å². The summed E-state index contributed by atoms with van der Waals surface area (Å²) in [5.41, 5.74) is 9.14. The van der Waals surface area contributed by atoms with Gasteiger partial charge in [-0.05, 0) is 62.7 Å². The Morgan fingerprint density at radius 2 is 1.57 bits per heavy atom. The highest BCUT2D eigenvalue weighted by Crippen LogP contribution is 2.34. The molecule has 37 heavy (non-hydrogen) atoms.